The fourth-order valence-corrected chi connectivity index (χ4v) is 2.25. The number of hydrogen-bond acceptors (Lipinski definition) is 3. The van der Waals surface area contributed by atoms with Gasteiger partial charge in [-0.3, -0.25) is 9.78 Å². The Hall–Kier alpha value is -2.10. The van der Waals surface area contributed by atoms with E-state index in [-0.39, 0.29) is 11.8 Å². The highest BCUT2D eigenvalue weighted by Gasteiger charge is 2.11. The van der Waals surface area contributed by atoms with Crippen LogP contribution in [0.3, 0.4) is 0 Å². The lowest BCUT2D eigenvalue weighted by molar-refractivity contribution is -0.122. The summed E-state index contributed by atoms with van der Waals surface area (Å²) < 4.78 is 0. The van der Waals surface area contributed by atoms with Crippen LogP contribution in [0.25, 0.3) is 10.9 Å². The van der Waals surface area contributed by atoms with Crippen molar-refractivity contribution >= 4 is 22.5 Å². The van der Waals surface area contributed by atoms with E-state index in [0.717, 1.165) is 42.3 Å². The van der Waals surface area contributed by atoms with Gasteiger partial charge in [0, 0.05) is 17.5 Å². The molecule has 4 N–H and O–H groups in total. The van der Waals surface area contributed by atoms with Crippen LogP contribution in [0.2, 0.25) is 0 Å². The number of aromatic nitrogens is 1. The quantitative estimate of drug-likeness (QED) is 0.826. The first-order chi connectivity index (χ1) is 10.1. The number of amides is 1. The van der Waals surface area contributed by atoms with Gasteiger partial charge in [-0.2, -0.15) is 0 Å². The maximum atomic E-state index is 10.7. The topological polar surface area (TPSA) is 82.0 Å². The van der Waals surface area contributed by atoms with Gasteiger partial charge in [0.1, 0.15) is 0 Å². The molecule has 0 fully saturated rings. The summed E-state index contributed by atoms with van der Waals surface area (Å²) in [5, 5.41) is 1.09. The molecule has 1 aromatic heterocycles. The highest BCUT2D eigenvalue weighted by Crippen LogP contribution is 2.16. The molecule has 0 aliphatic heterocycles. The minimum absolute atomic E-state index is 0.120. The third-order valence-electron chi connectivity index (χ3n) is 3.34. The van der Waals surface area contributed by atoms with Gasteiger partial charge in [0.2, 0.25) is 5.91 Å². The Kier molecular flexibility index (Phi) is 7.23. The van der Waals surface area contributed by atoms with Crippen LogP contribution in [0.15, 0.2) is 36.5 Å². The van der Waals surface area contributed by atoms with Gasteiger partial charge in [-0.15, -0.1) is 0 Å². The average molecular weight is 287 g/mol. The van der Waals surface area contributed by atoms with Crippen LogP contribution in [0.5, 0.6) is 0 Å². The summed E-state index contributed by atoms with van der Waals surface area (Å²) in [7, 11) is 0. The van der Waals surface area contributed by atoms with Gasteiger partial charge in [0.15, 0.2) is 0 Å². The minimum Gasteiger partial charge on any atom is -0.397 e. The highest BCUT2D eigenvalue weighted by atomic mass is 16.1. The van der Waals surface area contributed by atoms with Gasteiger partial charge in [-0.05, 0) is 25.0 Å². The number of benzene rings is 1. The van der Waals surface area contributed by atoms with E-state index < -0.39 is 0 Å². The number of rotatable bonds is 5. The number of para-hydroxylation sites is 1. The molecule has 2 rings (SSSR count). The minimum atomic E-state index is -0.135. The molecule has 1 aromatic carbocycles. The van der Waals surface area contributed by atoms with Gasteiger partial charge in [0.25, 0.3) is 0 Å². The molecule has 0 aliphatic rings. The van der Waals surface area contributed by atoms with Crippen LogP contribution < -0.4 is 11.5 Å². The number of pyridine rings is 1. The molecule has 4 heteroatoms. The largest absolute Gasteiger partial charge is 0.397 e. The maximum absolute atomic E-state index is 10.7. The second-order valence-electron chi connectivity index (χ2n) is 5.10. The summed E-state index contributed by atoms with van der Waals surface area (Å²) in [6, 6.07) is 9.69. The molecule has 0 saturated heterocycles. The first-order valence-corrected chi connectivity index (χ1v) is 7.48. The van der Waals surface area contributed by atoms with Gasteiger partial charge in [-0.25, -0.2) is 0 Å². The molecule has 0 unspecified atom stereocenters. The lowest BCUT2D eigenvalue weighted by Gasteiger charge is -2.09. The monoisotopic (exact) mass is 287 g/mol. The number of carbonyl (C=O) groups excluding carboxylic acids is 1. The number of nitrogen functional groups attached to an aromatic ring is 1. The van der Waals surface area contributed by atoms with E-state index in [9.17, 15) is 4.79 Å². The van der Waals surface area contributed by atoms with Crippen molar-refractivity contribution < 1.29 is 4.79 Å². The smallest absolute Gasteiger partial charge is 0.220 e. The van der Waals surface area contributed by atoms with Crippen LogP contribution in [-0.4, -0.2) is 10.9 Å². The Bertz CT molecular complexity index is 557. The third kappa shape index (κ3) is 5.42. The Balaban J connectivity index is 0.000000212. The van der Waals surface area contributed by atoms with Crippen LogP contribution in [0.1, 0.15) is 39.5 Å². The first kappa shape index (κ1) is 17.0. The molecule has 2 aromatic rings. The van der Waals surface area contributed by atoms with Gasteiger partial charge >= 0.3 is 0 Å². The average Bonchev–Trinajstić information content (AvgIpc) is 2.48. The number of anilines is 1. The molecule has 0 radical (unpaired) electrons. The van der Waals surface area contributed by atoms with Gasteiger partial charge in [-0.1, -0.05) is 44.9 Å². The molecule has 0 atom stereocenters. The van der Waals surface area contributed by atoms with E-state index in [4.69, 9.17) is 11.5 Å². The Morgan fingerprint density at radius 1 is 1.14 bits per heavy atom. The lowest BCUT2D eigenvalue weighted by Crippen LogP contribution is -2.22. The SMILES string of the molecule is CCCC(CCC)C(N)=O.Nc1cccc2cccnc12. The van der Waals surface area contributed by atoms with E-state index >= 15 is 0 Å². The maximum Gasteiger partial charge on any atom is 0.220 e. The summed E-state index contributed by atoms with van der Waals surface area (Å²) in [6.45, 7) is 4.15. The molecular formula is C17H25N3O. The molecule has 114 valence electrons. The van der Waals surface area contributed by atoms with E-state index in [1.807, 2.05) is 30.3 Å². The summed E-state index contributed by atoms with van der Waals surface area (Å²) in [5.74, 6) is -0.0151. The second kappa shape index (κ2) is 8.95. The van der Waals surface area contributed by atoms with Crippen molar-refractivity contribution in [1.82, 2.24) is 4.98 Å². The Labute approximate surface area is 126 Å². The van der Waals surface area contributed by atoms with Crippen molar-refractivity contribution in [2.75, 3.05) is 5.73 Å². The van der Waals surface area contributed by atoms with Gasteiger partial charge < -0.3 is 11.5 Å². The summed E-state index contributed by atoms with van der Waals surface area (Å²) in [6.07, 6.45) is 5.74. The summed E-state index contributed by atoms with van der Waals surface area (Å²) >= 11 is 0. The fourth-order valence-electron chi connectivity index (χ4n) is 2.25. The lowest BCUT2D eigenvalue weighted by atomic mass is 9.98. The van der Waals surface area contributed by atoms with Crippen LogP contribution >= 0.6 is 0 Å². The van der Waals surface area contributed by atoms with Crippen LogP contribution in [-0.2, 0) is 4.79 Å². The first-order valence-electron chi connectivity index (χ1n) is 7.48. The molecule has 1 amide bonds. The van der Waals surface area contributed by atoms with Crippen molar-refractivity contribution in [3.8, 4) is 0 Å². The molecule has 21 heavy (non-hydrogen) atoms. The van der Waals surface area contributed by atoms with Crippen molar-refractivity contribution in [3.63, 3.8) is 0 Å². The van der Waals surface area contributed by atoms with Crippen LogP contribution in [0.4, 0.5) is 5.69 Å². The normalized spacial score (nSPS) is 10.2. The Morgan fingerprint density at radius 2 is 1.76 bits per heavy atom. The number of carbonyl (C=O) groups is 1. The number of nitrogens with two attached hydrogens (primary N) is 2. The zero-order valence-electron chi connectivity index (χ0n) is 12.9. The Morgan fingerprint density at radius 3 is 2.29 bits per heavy atom. The van der Waals surface area contributed by atoms with Crippen LogP contribution in [0, 0.1) is 5.92 Å². The third-order valence-corrected chi connectivity index (χ3v) is 3.34. The number of primary amides is 1. The fraction of sp³-hybridized carbons (Fsp3) is 0.412. The molecule has 1 heterocycles. The molecular weight excluding hydrogens is 262 g/mol. The zero-order valence-corrected chi connectivity index (χ0v) is 12.9. The number of nitrogens with zero attached hydrogens (tertiary/aromatic N) is 1. The van der Waals surface area contributed by atoms with Crippen molar-refractivity contribution in [1.29, 1.82) is 0 Å². The zero-order chi connectivity index (χ0) is 15.7. The molecule has 0 spiro atoms. The number of fused-ring (bicyclic) bond motifs is 1. The molecule has 0 saturated carbocycles. The molecule has 4 nitrogen and oxygen atoms in total. The predicted molar refractivity (Wildman–Crippen MR) is 88.7 cm³/mol. The van der Waals surface area contributed by atoms with E-state index in [0.29, 0.717) is 0 Å². The molecule has 0 aliphatic carbocycles. The summed E-state index contributed by atoms with van der Waals surface area (Å²) in [4.78, 5) is 14.9. The standard InChI is InChI=1S/C9H8N2.C8H17NO/c10-8-5-1-3-7-4-2-6-11-9(7)8;1-3-5-7(6-4-2)8(9)10/h1-6H,10H2;7H,3-6H2,1-2H3,(H2,9,10). The molecule has 0 bridgehead atoms. The predicted octanol–water partition coefficient (Wildman–Crippen LogP) is 3.51. The second-order valence-corrected chi connectivity index (χ2v) is 5.10. The highest BCUT2D eigenvalue weighted by molar-refractivity contribution is 5.88. The van der Waals surface area contributed by atoms with E-state index in [1.165, 1.54) is 0 Å². The van der Waals surface area contributed by atoms with E-state index in [1.54, 1.807) is 6.20 Å². The number of hydrogen-bond donors (Lipinski definition) is 2. The van der Waals surface area contributed by atoms with E-state index in [2.05, 4.69) is 18.8 Å². The van der Waals surface area contributed by atoms with Crippen molar-refractivity contribution in [2.24, 2.45) is 11.7 Å². The van der Waals surface area contributed by atoms with Crippen molar-refractivity contribution in [3.05, 3.63) is 36.5 Å². The van der Waals surface area contributed by atoms with Gasteiger partial charge in [0.05, 0.1) is 11.2 Å². The summed E-state index contributed by atoms with van der Waals surface area (Å²) in [5.41, 5.74) is 12.5. The van der Waals surface area contributed by atoms with Crippen molar-refractivity contribution in [2.45, 2.75) is 39.5 Å².